The molecule has 0 atom stereocenters. The maximum atomic E-state index is 11.9. The fourth-order valence-corrected chi connectivity index (χ4v) is 5.04. The van der Waals surface area contributed by atoms with Gasteiger partial charge < -0.3 is 4.90 Å². The van der Waals surface area contributed by atoms with Gasteiger partial charge in [0.2, 0.25) is 0 Å². The molecule has 2 aromatic rings. The Morgan fingerprint density at radius 2 is 1.63 bits per heavy atom. The lowest BCUT2D eigenvalue weighted by molar-refractivity contribution is 0.0970. The summed E-state index contributed by atoms with van der Waals surface area (Å²) in [4.78, 5) is 7.79. The molecule has 5 heteroatoms. The van der Waals surface area contributed by atoms with E-state index in [0.29, 0.717) is 10.8 Å². The molecular weight excluding hydrogens is 356 g/mol. The van der Waals surface area contributed by atoms with Crippen LogP contribution in [0.15, 0.2) is 47.5 Å². The number of aromatic nitrogens is 1. The summed E-state index contributed by atoms with van der Waals surface area (Å²) < 4.78 is 23.9. The maximum Gasteiger partial charge on any atom is 0.178 e. The third-order valence-electron chi connectivity index (χ3n) is 6.25. The molecule has 0 bridgehead atoms. The molecule has 2 heterocycles. The van der Waals surface area contributed by atoms with E-state index in [1.807, 2.05) is 18.3 Å². The standard InChI is InChI=1S/C22H28N2O2S/c1-2-27(25,26)21-9-6-17(7-10-21)19-8-11-22(23-16-19)18-12-14-24(15-13-18)20-4-3-5-20/h6-11,16,18,20H,2-5,12-15H2,1H3. The van der Waals surface area contributed by atoms with Gasteiger partial charge in [-0.1, -0.05) is 31.5 Å². The Morgan fingerprint density at radius 3 is 2.15 bits per heavy atom. The van der Waals surface area contributed by atoms with Gasteiger partial charge in [0.05, 0.1) is 10.6 Å². The van der Waals surface area contributed by atoms with Crippen molar-refractivity contribution in [2.75, 3.05) is 18.8 Å². The van der Waals surface area contributed by atoms with Crippen LogP contribution >= 0.6 is 0 Å². The lowest BCUT2D eigenvalue weighted by atomic mass is 9.86. The lowest BCUT2D eigenvalue weighted by Gasteiger charge is -2.41. The van der Waals surface area contributed by atoms with Crippen molar-refractivity contribution in [1.29, 1.82) is 0 Å². The van der Waals surface area contributed by atoms with Crippen LogP contribution in [0.4, 0.5) is 0 Å². The van der Waals surface area contributed by atoms with Crippen molar-refractivity contribution in [3.8, 4) is 11.1 Å². The first-order valence-electron chi connectivity index (χ1n) is 10.1. The Bertz CT molecular complexity index is 864. The molecule has 27 heavy (non-hydrogen) atoms. The highest BCUT2D eigenvalue weighted by molar-refractivity contribution is 7.91. The minimum absolute atomic E-state index is 0.127. The fourth-order valence-electron chi connectivity index (χ4n) is 4.15. The highest BCUT2D eigenvalue weighted by Crippen LogP contribution is 2.33. The number of rotatable bonds is 5. The van der Waals surface area contributed by atoms with Crippen molar-refractivity contribution in [2.24, 2.45) is 0 Å². The van der Waals surface area contributed by atoms with Crippen LogP contribution in [-0.4, -0.2) is 43.2 Å². The van der Waals surface area contributed by atoms with Crippen molar-refractivity contribution in [3.63, 3.8) is 0 Å². The number of benzene rings is 1. The van der Waals surface area contributed by atoms with Crippen LogP contribution in [0.25, 0.3) is 11.1 Å². The first kappa shape index (κ1) is 18.6. The summed E-state index contributed by atoms with van der Waals surface area (Å²) in [6, 6.07) is 12.2. The molecule has 0 radical (unpaired) electrons. The van der Waals surface area contributed by atoms with Crippen LogP contribution < -0.4 is 0 Å². The first-order chi connectivity index (χ1) is 13.1. The third-order valence-corrected chi connectivity index (χ3v) is 8.00. The molecule has 1 aliphatic heterocycles. The largest absolute Gasteiger partial charge is 0.300 e. The summed E-state index contributed by atoms with van der Waals surface area (Å²) in [6.07, 6.45) is 8.50. The van der Waals surface area contributed by atoms with Gasteiger partial charge in [0, 0.05) is 29.4 Å². The first-order valence-corrected chi connectivity index (χ1v) is 11.8. The van der Waals surface area contributed by atoms with Crippen molar-refractivity contribution >= 4 is 9.84 Å². The van der Waals surface area contributed by atoms with Gasteiger partial charge >= 0.3 is 0 Å². The topological polar surface area (TPSA) is 50.3 Å². The van der Waals surface area contributed by atoms with Crippen LogP contribution in [0.3, 0.4) is 0 Å². The molecule has 0 spiro atoms. The van der Waals surface area contributed by atoms with Crippen LogP contribution in [0.1, 0.15) is 50.6 Å². The second kappa shape index (κ2) is 7.72. The molecule has 2 aliphatic rings. The summed E-state index contributed by atoms with van der Waals surface area (Å²) in [5.41, 5.74) is 3.23. The predicted molar refractivity (Wildman–Crippen MR) is 109 cm³/mol. The summed E-state index contributed by atoms with van der Waals surface area (Å²) in [5.74, 6) is 0.690. The number of pyridine rings is 1. The number of nitrogens with zero attached hydrogens (tertiary/aromatic N) is 2. The summed E-state index contributed by atoms with van der Waals surface area (Å²) >= 11 is 0. The molecule has 0 unspecified atom stereocenters. The summed E-state index contributed by atoms with van der Waals surface area (Å²) in [6.45, 7) is 4.07. The Hall–Kier alpha value is -1.72. The zero-order chi connectivity index (χ0) is 18.9. The van der Waals surface area contributed by atoms with E-state index in [1.165, 1.54) is 50.9 Å². The zero-order valence-corrected chi connectivity index (χ0v) is 16.8. The number of piperidine rings is 1. The minimum atomic E-state index is -3.15. The van der Waals surface area contributed by atoms with E-state index in [9.17, 15) is 8.42 Å². The van der Waals surface area contributed by atoms with Crippen molar-refractivity contribution < 1.29 is 8.42 Å². The van der Waals surface area contributed by atoms with Gasteiger partial charge in [-0.05, 0) is 62.5 Å². The van der Waals surface area contributed by atoms with E-state index < -0.39 is 9.84 Å². The molecule has 4 rings (SSSR count). The predicted octanol–water partition coefficient (Wildman–Crippen LogP) is 4.27. The van der Waals surface area contributed by atoms with E-state index in [1.54, 1.807) is 19.1 Å². The number of sulfone groups is 1. The third kappa shape index (κ3) is 3.94. The monoisotopic (exact) mass is 384 g/mol. The second-order valence-electron chi connectivity index (χ2n) is 7.79. The van der Waals surface area contributed by atoms with Gasteiger partial charge in [-0.2, -0.15) is 0 Å². The highest BCUT2D eigenvalue weighted by atomic mass is 32.2. The molecule has 4 nitrogen and oxygen atoms in total. The molecule has 0 N–H and O–H groups in total. The van der Waals surface area contributed by atoms with Gasteiger partial charge in [-0.25, -0.2) is 8.42 Å². The van der Waals surface area contributed by atoms with Gasteiger partial charge in [0.1, 0.15) is 0 Å². The van der Waals surface area contributed by atoms with Gasteiger partial charge in [-0.15, -0.1) is 0 Å². The molecule has 0 amide bonds. The van der Waals surface area contributed by atoms with Crippen molar-refractivity contribution in [2.45, 2.75) is 55.9 Å². The molecule has 1 aromatic carbocycles. The Labute approximate surface area is 162 Å². The molecule has 1 saturated carbocycles. The van der Waals surface area contributed by atoms with Crippen LogP contribution in [0.5, 0.6) is 0 Å². The van der Waals surface area contributed by atoms with E-state index in [0.717, 1.165) is 17.2 Å². The molecule has 144 valence electrons. The second-order valence-corrected chi connectivity index (χ2v) is 10.1. The quantitative estimate of drug-likeness (QED) is 0.772. The summed E-state index contributed by atoms with van der Waals surface area (Å²) in [7, 11) is -3.15. The highest BCUT2D eigenvalue weighted by Gasteiger charge is 2.29. The SMILES string of the molecule is CCS(=O)(=O)c1ccc(-c2ccc(C3CCN(C4CCC4)CC3)nc2)cc1. The lowest BCUT2D eigenvalue weighted by Crippen LogP contribution is -2.44. The molecule has 1 saturated heterocycles. The van der Waals surface area contributed by atoms with Crippen LogP contribution in [0, 0.1) is 0 Å². The van der Waals surface area contributed by atoms with Gasteiger partial charge in [-0.3, -0.25) is 4.98 Å². The van der Waals surface area contributed by atoms with Crippen molar-refractivity contribution in [3.05, 3.63) is 48.3 Å². The smallest absolute Gasteiger partial charge is 0.178 e. The average Bonchev–Trinajstić information content (AvgIpc) is 2.68. The van der Waals surface area contributed by atoms with Crippen LogP contribution in [0.2, 0.25) is 0 Å². The van der Waals surface area contributed by atoms with E-state index in [-0.39, 0.29) is 5.75 Å². The van der Waals surface area contributed by atoms with Crippen LogP contribution in [-0.2, 0) is 9.84 Å². The van der Waals surface area contributed by atoms with Gasteiger partial charge in [0.15, 0.2) is 9.84 Å². The Morgan fingerprint density at radius 1 is 0.963 bits per heavy atom. The van der Waals surface area contributed by atoms with E-state index in [4.69, 9.17) is 4.98 Å². The van der Waals surface area contributed by atoms with E-state index >= 15 is 0 Å². The Balaban J connectivity index is 1.42. The molecule has 2 fully saturated rings. The number of likely N-dealkylation sites (tertiary alicyclic amines) is 1. The number of hydrogen-bond acceptors (Lipinski definition) is 4. The van der Waals surface area contributed by atoms with Gasteiger partial charge in [0.25, 0.3) is 0 Å². The minimum Gasteiger partial charge on any atom is -0.300 e. The maximum absolute atomic E-state index is 11.9. The Kier molecular flexibility index (Phi) is 5.33. The summed E-state index contributed by atoms with van der Waals surface area (Å²) in [5, 5.41) is 0. The fraction of sp³-hybridized carbons (Fsp3) is 0.500. The molecular formula is C22H28N2O2S. The van der Waals surface area contributed by atoms with E-state index in [2.05, 4.69) is 17.0 Å². The van der Waals surface area contributed by atoms with Crippen molar-refractivity contribution in [1.82, 2.24) is 9.88 Å². The number of hydrogen-bond donors (Lipinski definition) is 0. The molecule has 1 aromatic heterocycles. The average molecular weight is 385 g/mol. The normalized spacial score (nSPS) is 19.7. The molecule has 1 aliphatic carbocycles. The zero-order valence-electron chi connectivity index (χ0n) is 16.0.